The van der Waals surface area contributed by atoms with Crippen LogP contribution < -0.4 is 9.47 Å². The first-order chi connectivity index (χ1) is 11.7. The molecule has 122 valence electrons. The molecule has 1 heterocycles. The predicted molar refractivity (Wildman–Crippen MR) is 95.0 cm³/mol. The number of hydrogen-bond acceptors (Lipinski definition) is 5. The molecule has 0 N–H and O–H groups in total. The number of hydrogen-bond donors (Lipinski definition) is 0. The number of nitrogens with zero attached hydrogens (tertiary/aromatic N) is 1. The summed E-state index contributed by atoms with van der Waals surface area (Å²) < 4.78 is 11.2. The zero-order valence-electron chi connectivity index (χ0n) is 13.5. The molecule has 0 fully saturated rings. The Morgan fingerprint density at radius 1 is 1.12 bits per heavy atom. The van der Waals surface area contributed by atoms with E-state index in [1.54, 1.807) is 36.6 Å². The molecule has 0 radical (unpaired) electrons. The highest BCUT2D eigenvalue weighted by atomic mass is 32.1. The molecule has 0 saturated heterocycles. The van der Waals surface area contributed by atoms with Crippen molar-refractivity contribution in [1.82, 2.24) is 4.98 Å². The highest BCUT2D eigenvalue weighted by Gasteiger charge is 2.12. The molecule has 0 atom stereocenters. The minimum absolute atomic E-state index is 0.410. The van der Waals surface area contributed by atoms with Crippen LogP contribution in [0.4, 0.5) is 0 Å². The molecular weight excluding hydrogens is 322 g/mol. The van der Waals surface area contributed by atoms with Crippen LogP contribution >= 0.6 is 11.3 Å². The molecule has 3 rings (SSSR count). The van der Waals surface area contributed by atoms with Gasteiger partial charge >= 0.3 is 0 Å². The number of methoxy groups -OCH3 is 1. The van der Waals surface area contributed by atoms with Crippen molar-refractivity contribution < 1.29 is 14.3 Å². The van der Waals surface area contributed by atoms with Gasteiger partial charge in [-0.2, -0.15) is 0 Å². The van der Waals surface area contributed by atoms with Crippen LogP contribution in [0.3, 0.4) is 0 Å². The van der Waals surface area contributed by atoms with Gasteiger partial charge in [0.1, 0.15) is 17.9 Å². The number of rotatable bonds is 6. The molecule has 0 spiro atoms. The number of thiazole rings is 1. The van der Waals surface area contributed by atoms with Crippen LogP contribution in [0.25, 0.3) is 10.6 Å². The summed E-state index contributed by atoms with van der Waals surface area (Å²) in [6.45, 7) is 2.39. The van der Waals surface area contributed by atoms with E-state index in [4.69, 9.17) is 9.47 Å². The number of carbonyl (C=O) groups excluding carboxylic acids is 1. The molecule has 0 amide bonds. The Hall–Kier alpha value is -2.66. The molecule has 1 aromatic heterocycles. The van der Waals surface area contributed by atoms with Crippen LogP contribution in [0.2, 0.25) is 0 Å². The van der Waals surface area contributed by atoms with Gasteiger partial charge in [0.05, 0.1) is 17.7 Å². The van der Waals surface area contributed by atoms with E-state index in [0.717, 1.165) is 27.4 Å². The molecule has 3 aromatic rings. The van der Waals surface area contributed by atoms with Gasteiger partial charge in [0.15, 0.2) is 11.5 Å². The molecule has 24 heavy (non-hydrogen) atoms. The maximum absolute atomic E-state index is 10.8. The minimum Gasteiger partial charge on any atom is -0.493 e. The number of ether oxygens (including phenoxy) is 2. The molecule has 2 aromatic carbocycles. The van der Waals surface area contributed by atoms with Crippen LogP contribution in [0.5, 0.6) is 11.5 Å². The molecule has 0 aliphatic carbocycles. The monoisotopic (exact) mass is 339 g/mol. The maximum atomic E-state index is 10.8. The molecule has 0 saturated carbocycles. The van der Waals surface area contributed by atoms with E-state index in [0.29, 0.717) is 23.7 Å². The normalized spacial score (nSPS) is 10.4. The number of aromatic nitrogens is 1. The summed E-state index contributed by atoms with van der Waals surface area (Å²) >= 11 is 1.62. The summed E-state index contributed by atoms with van der Waals surface area (Å²) in [6.07, 6.45) is 0.784. The lowest BCUT2D eigenvalue weighted by molar-refractivity contribution is 0.112. The third-order valence-corrected chi connectivity index (χ3v) is 4.78. The van der Waals surface area contributed by atoms with Crippen molar-refractivity contribution in [3.05, 3.63) is 64.7 Å². The Morgan fingerprint density at radius 3 is 2.62 bits per heavy atom. The van der Waals surface area contributed by atoms with E-state index in [1.165, 1.54) is 0 Å². The molecule has 0 unspecified atom stereocenters. The summed E-state index contributed by atoms with van der Waals surface area (Å²) in [7, 11) is 1.56. The number of benzene rings is 2. The molecule has 0 bridgehead atoms. The average Bonchev–Trinajstić information content (AvgIpc) is 3.01. The standard InChI is InChI=1S/C19H17NO3S/c1-13-18(24-19(20-13)15-6-4-3-5-7-15)12-23-16-9-8-14(11-21)10-17(16)22-2/h3-11H,12H2,1-2H3. The second-order valence-corrected chi connectivity index (χ2v) is 6.29. The van der Waals surface area contributed by atoms with Crippen molar-refractivity contribution in [3.8, 4) is 22.1 Å². The smallest absolute Gasteiger partial charge is 0.161 e. The molecule has 5 heteroatoms. The minimum atomic E-state index is 0.410. The highest BCUT2D eigenvalue weighted by molar-refractivity contribution is 7.15. The molecule has 4 nitrogen and oxygen atoms in total. The van der Waals surface area contributed by atoms with Crippen molar-refractivity contribution in [1.29, 1.82) is 0 Å². The van der Waals surface area contributed by atoms with Crippen molar-refractivity contribution >= 4 is 17.6 Å². The quantitative estimate of drug-likeness (QED) is 0.620. The van der Waals surface area contributed by atoms with Gasteiger partial charge in [0.25, 0.3) is 0 Å². The van der Waals surface area contributed by atoms with Gasteiger partial charge in [-0.3, -0.25) is 4.79 Å². The maximum Gasteiger partial charge on any atom is 0.161 e. The van der Waals surface area contributed by atoms with Crippen molar-refractivity contribution in [2.75, 3.05) is 7.11 Å². The van der Waals surface area contributed by atoms with E-state index in [9.17, 15) is 4.79 Å². The Bertz CT molecular complexity index is 843. The van der Waals surface area contributed by atoms with Crippen molar-refractivity contribution in [3.63, 3.8) is 0 Å². The van der Waals surface area contributed by atoms with Gasteiger partial charge in [0.2, 0.25) is 0 Å². The summed E-state index contributed by atoms with van der Waals surface area (Å²) in [4.78, 5) is 16.5. The number of aryl methyl sites for hydroxylation is 1. The predicted octanol–water partition coefficient (Wildman–Crippen LogP) is 4.52. The highest BCUT2D eigenvalue weighted by Crippen LogP contribution is 2.31. The first kappa shape index (κ1) is 16.2. The fraction of sp³-hybridized carbons (Fsp3) is 0.158. The fourth-order valence-corrected chi connectivity index (χ4v) is 3.27. The van der Waals surface area contributed by atoms with Gasteiger partial charge in [-0.25, -0.2) is 4.98 Å². The van der Waals surface area contributed by atoms with E-state index < -0.39 is 0 Å². The molecule has 0 aliphatic heterocycles. The number of aldehydes is 1. The molecule has 0 aliphatic rings. The third-order valence-electron chi connectivity index (χ3n) is 3.60. The second-order valence-electron chi connectivity index (χ2n) is 5.21. The van der Waals surface area contributed by atoms with Gasteiger partial charge in [-0.1, -0.05) is 30.3 Å². The van der Waals surface area contributed by atoms with Gasteiger partial charge in [0, 0.05) is 11.1 Å². The van der Waals surface area contributed by atoms with E-state index in [-0.39, 0.29) is 0 Å². The van der Waals surface area contributed by atoms with E-state index >= 15 is 0 Å². The topological polar surface area (TPSA) is 48.4 Å². The fourth-order valence-electron chi connectivity index (χ4n) is 2.29. The first-order valence-electron chi connectivity index (χ1n) is 7.49. The lowest BCUT2D eigenvalue weighted by atomic mass is 10.2. The van der Waals surface area contributed by atoms with Crippen LogP contribution in [-0.4, -0.2) is 18.4 Å². The largest absolute Gasteiger partial charge is 0.493 e. The zero-order chi connectivity index (χ0) is 16.9. The second kappa shape index (κ2) is 7.27. The lowest BCUT2D eigenvalue weighted by Gasteiger charge is -2.10. The van der Waals surface area contributed by atoms with Crippen molar-refractivity contribution in [2.24, 2.45) is 0 Å². The van der Waals surface area contributed by atoms with Gasteiger partial charge < -0.3 is 9.47 Å². The summed E-state index contributed by atoms with van der Waals surface area (Å²) in [5, 5.41) is 0.981. The summed E-state index contributed by atoms with van der Waals surface area (Å²) in [5.74, 6) is 1.15. The van der Waals surface area contributed by atoms with E-state index in [2.05, 4.69) is 4.98 Å². The Morgan fingerprint density at radius 2 is 1.92 bits per heavy atom. The van der Waals surface area contributed by atoms with Crippen molar-refractivity contribution in [2.45, 2.75) is 13.5 Å². The van der Waals surface area contributed by atoms with Crippen LogP contribution in [0.15, 0.2) is 48.5 Å². The van der Waals surface area contributed by atoms with Crippen LogP contribution in [-0.2, 0) is 6.61 Å². The summed E-state index contributed by atoms with van der Waals surface area (Å²) in [6, 6.07) is 15.2. The van der Waals surface area contributed by atoms with Gasteiger partial charge in [-0.15, -0.1) is 11.3 Å². The van der Waals surface area contributed by atoms with Crippen LogP contribution in [0.1, 0.15) is 20.9 Å². The Labute approximate surface area is 144 Å². The van der Waals surface area contributed by atoms with Gasteiger partial charge in [-0.05, 0) is 25.1 Å². The Kier molecular flexibility index (Phi) is 4.91. The zero-order valence-corrected chi connectivity index (χ0v) is 14.3. The first-order valence-corrected chi connectivity index (χ1v) is 8.30. The number of carbonyl (C=O) groups is 1. The lowest BCUT2D eigenvalue weighted by Crippen LogP contribution is -1.98. The average molecular weight is 339 g/mol. The Balaban J connectivity index is 1.78. The SMILES string of the molecule is COc1cc(C=O)ccc1OCc1sc(-c2ccccc2)nc1C. The molecular formula is C19H17NO3S. The van der Waals surface area contributed by atoms with E-state index in [1.807, 2.05) is 37.3 Å². The van der Waals surface area contributed by atoms with Crippen LogP contribution in [0, 0.1) is 6.92 Å². The summed E-state index contributed by atoms with van der Waals surface area (Å²) in [5.41, 5.74) is 2.62. The third kappa shape index (κ3) is 3.46.